The quantitative estimate of drug-likeness (QED) is 0.672. The number of thioether (sulfide) groups is 1. The van der Waals surface area contributed by atoms with E-state index in [9.17, 15) is 4.79 Å². The highest BCUT2D eigenvalue weighted by Gasteiger charge is 2.31. The van der Waals surface area contributed by atoms with Crippen LogP contribution in [0.2, 0.25) is 5.02 Å². The van der Waals surface area contributed by atoms with Crippen molar-refractivity contribution in [2.75, 3.05) is 11.6 Å². The van der Waals surface area contributed by atoms with Gasteiger partial charge < -0.3 is 14.8 Å². The smallest absolute Gasteiger partial charge is 0.275 e. The maximum absolute atomic E-state index is 12.4. The number of nitrogens with zero attached hydrogens (tertiary/aromatic N) is 2. The monoisotopic (exact) mass is 351 g/mol. The van der Waals surface area contributed by atoms with Gasteiger partial charge in [0.15, 0.2) is 22.3 Å². The third kappa shape index (κ3) is 3.35. The molecule has 2 heterocycles. The van der Waals surface area contributed by atoms with Gasteiger partial charge >= 0.3 is 0 Å². The molecule has 3 rings (SSSR count). The zero-order valence-electron chi connectivity index (χ0n) is 12.7. The van der Waals surface area contributed by atoms with Crippen molar-refractivity contribution in [3.8, 4) is 11.5 Å². The van der Waals surface area contributed by atoms with Gasteiger partial charge in [-0.2, -0.15) is 0 Å². The van der Waals surface area contributed by atoms with E-state index in [0.29, 0.717) is 22.3 Å². The van der Waals surface area contributed by atoms with Gasteiger partial charge in [0.2, 0.25) is 5.79 Å². The second-order valence-corrected chi connectivity index (χ2v) is 6.45. The van der Waals surface area contributed by atoms with E-state index in [2.05, 4.69) is 15.3 Å². The molecule has 1 N–H and O–H groups in total. The molecule has 2 aromatic rings. The molecule has 8 heteroatoms. The molecule has 1 aromatic heterocycles. The van der Waals surface area contributed by atoms with E-state index in [1.807, 2.05) is 20.1 Å². The third-order valence-corrected chi connectivity index (χ3v) is 3.87. The third-order valence-electron chi connectivity index (χ3n) is 3.03. The first-order valence-corrected chi connectivity index (χ1v) is 8.38. The first-order chi connectivity index (χ1) is 10.9. The molecule has 0 radical (unpaired) electrons. The highest BCUT2D eigenvalue weighted by atomic mass is 35.5. The molecule has 0 bridgehead atoms. The molecule has 0 spiro atoms. The molecule has 0 atom stereocenters. The zero-order valence-corrected chi connectivity index (χ0v) is 14.3. The fourth-order valence-electron chi connectivity index (χ4n) is 2.10. The lowest BCUT2D eigenvalue weighted by Gasteiger charge is -2.16. The Kier molecular flexibility index (Phi) is 4.08. The second-order valence-electron chi connectivity index (χ2n) is 5.27. The van der Waals surface area contributed by atoms with Gasteiger partial charge in [0.1, 0.15) is 0 Å². The van der Waals surface area contributed by atoms with Crippen molar-refractivity contribution in [1.29, 1.82) is 0 Å². The highest BCUT2D eigenvalue weighted by Crippen LogP contribution is 2.40. The molecule has 1 aliphatic heterocycles. The van der Waals surface area contributed by atoms with Gasteiger partial charge in [-0.3, -0.25) is 4.79 Å². The number of ether oxygens (including phenoxy) is 2. The van der Waals surface area contributed by atoms with Crippen LogP contribution in [0.25, 0.3) is 0 Å². The molecule has 0 unspecified atom stereocenters. The maximum atomic E-state index is 12.4. The van der Waals surface area contributed by atoms with Crippen LogP contribution >= 0.6 is 23.4 Å². The number of anilines is 1. The molecule has 0 fully saturated rings. The van der Waals surface area contributed by atoms with Crippen LogP contribution in [0.3, 0.4) is 0 Å². The summed E-state index contributed by atoms with van der Waals surface area (Å²) in [5, 5.41) is 3.42. The normalized spacial score (nSPS) is 14.6. The van der Waals surface area contributed by atoms with Crippen molar-refractivity contribution in [1.82, 2.24) is 9.97 Å². The Hall–Kier alpha value is -1.99. The van der Waals surface area contributed by atoms with E-state index >= 15 is 0 Å². The minimum absolute atomic E-state index is 0.129. The van der Waals surface area contributed by atoms with Crippen molar-refractivity contribution in [3.63, 3.8) is 0 Å². The van der Waals surface area contributed by atoms with Gasteiger partial charge in [0.05, 0.1) is 11.2 Å². The van der Waals surface area contributed by atoms with Gasteiger partial charge in [0, 0.05) is 25.6 Å². The summed E-state index contributed by atoms with van der Waals surface area (Å²) in [6, 6.07) is 5.17. The predicted molar refractivity (Wildman–Crippen MR) is 88.6 cm³/mol. The average Bonchev–Trinajstić information content (AvgIpc) is 2.80. The fraction of sp³-hybridized carbons (Fsp3) is 0.267. The van der Waals surface area contributed by atoms with E-state index in [-0.39, 0.29) is 10.7 Å². The van der Waals surface area contributed by atoms with Crippen molar-refractivity contribution in [2.45, 2.75) is 24.8 Å². The van der Waals surface area contributed by atoms with Crippen LogP contribution in [0.15, 0.2) is 29.6 Å². The summed E-state index contributed by atoms with van der Waals surface area (Å²) in [4.78, 5) is 20.5. The number of aromatic nitrogens is 2. The minimum atomic E-state index is -0.714. The number of carbonyl (C=O) groups excluding carboxylic acids is 1. The van der Waals surface area contributed by atoms with E-state index < -0.39 is 11.7 Å². The number of hydrogen-bond donors (Lipinski definition) is 1. The lowest BCUT2D eigenvalue weighted by molar-refractivity contribution is -0.0431. The summed E-state index contributed by atoms with van der Waals surface area (Å²) < 4.78 is 11.3. The van der Waals surface area contributed by atoms with Crippen LogP contribution < -0.4 is 14.8 Å². The molecule has 23 heavy (non-hydrogen) atoms. The number of nitrogens with one attached hydrogen (secondary N) is 1. The second kappa shape index (κ2) is 5.90. The lowest BCUT2D eigenvalue weighted by Crippen LogP contribution is -2.29. The number of rotatable bonds is 3. The summed E-state index contributed by atoms with van der Waals surface area (Å²) in [6.45, 7) is 3.63. The zero-order chi connectivity index (χ0) is 16.6. The summed E-state index contributed by atoms with van der Waals surface area (Å²) in [6.07, 6.45) is 3.24. The van der Waals surface area contributed by atoms with E-state index in [0.717, 1.165) is 0 Å². The number of carbonyl (C=O) groups is 1. The fourth-order valence-corrected chi connectivity index (χ4v) is 2.62. The molecule has 0 saturated heterocycles. The lowest BCUT2D eigenvalue weighted by atomic mass is 10.2. The molecule has 1 aliphatic rings. The summed E-state index contributed by atoms with van der Waals surface area (Å²) in [7, 11) is 0. The van der Waals surface area contributed by atoms with Crippen LogP contribution in [0.5, 0.6) is 11.5 Å². The number of halogens is 1. The van der Waals surface area contributed by atoms with Crippen LogP contribution in [-0.2, 0) is 0 Å². The molecular formula is C15H14ClN3O3S. The summed E-state index contributed by atoms with van der Waals surface area (Å²) >= 11 is 7.34. The Bertz CT molecular complexity index is 783. The Labute approximate surface area is 142 Å². The number of hydrogen-bond acceptors (Lipinski definition) is 6. The first-order valence-electron chi connectivity index (χ1n) is 6.78. The molecule has 6 nitrogen and oxygen atoms in total. The Morgan fingerprint density at radius 1 is 1.30 bits per heavy atom. The van der Waals surface area contributed by atoms with Crippen LogP contribution in [0.1, 0.15) is 24.3 Å². The minimum Gasteiger partial charge on any atom is -0.449 e. The maximum Gasteiger partial charge on any atom is 0.275 e. The van der Waals surface area contributed by atoms with Gasteiger partial charge in [-0.1, -0.05) is 23.4 Å². The van der Waals surface area contributed by atoms with Crippen molar-refractivity contribution >= 4 is 35.0 Å². The molecule has 1 amide bonds. The summed E-state index contributed by atoms with van der Waals surface area (Å²) in [5.74, 6) is 0.0868. The van der Waals surface area contributed by atoms with Crippen LogP contribution in [0, 0.1) is 0 Å². The molecular weight excluding hydrogens is 338 g/mol. The topological polar surface area (TPSA) is 73.3 Å². The van der Waals surface area contributed by atoms with E-state index in [1.54, 1.807) is 18.2 Å². The Balaban J connectivity index is 1.82. The highest BCUT2D eigenvalue weighted by molar-refractivity contribution is 7.98. The Morgan fingerprint density at radius 2 is 2.04 bits per heavy atom. The van der Waals surface area contributed by atoms with E-state index in [1.165, 1.54) is 18.0 Å². The number of fused-ring (bicyclic) bond motifs is 1. The molecule has 120 valence electrons. The number of amides is 1. The summed E-state index contributed by atoms with van der Waals surface area (Å²) in [5.41, 5.74) is 0.694. The van der Waals surface area contributed by atoms with E-state index in [4.69, 9.17) is 21.1 Å². The van der Waals surface area contributed by atoms with Crippen molar-refractivity contribution in [3.05, 3.63) is 35.1 Å². The van der Waals surface area contributed by atoms with Crippen LogP contribution in [0.4, 0.5) is 5.69 Å². The van der Waals surface area contributed by atoms with Crippen LogP contribution in [-0.4, -0.2) is 27.9 Å². The molecule has 0 saturated carbocycles. The predicted octanol–water partition coefficient (Wildman–Crippen LogP) is 3.61. The SMILES string of the molecule is CSc1ncc(Cl)c(C(=O)Nc2ccc3c(c2)OC(C)(C)O3)n1. The average molecular weight is 352 g/mol. The first kappa shape index (κ1) is 15.9. The van der Waals surface area contributed by atoms with Gasteiger partial charge in [-0.05, 0) is 18.4 Å². The standard InChI is InChI=1S/C15H14ClN3O3S/c1-15(2)21-10-5-4-8(6-11(10)22-15)18-13(20)12-9(16)7-17-14(19-12)23-3/h4-7H,1-3H3,(H,18,20). The number of benzene rings is 1. The largest absolute Gasteiger partial charge is 0.449 e. The Morgan fingerprint density at radius 3 is 2.78 bits per heavy atom. The molecule has 0 aliphatic carbocycles. The van der Waals surface area contributed by atoms with Crippen molar-refractivity contribution in [2.24, 2.45) is 0 Å². The van der Waals surface area contributed by atoms with Gasteiger partial charge in [-0.15, -0.1) is 0 Å². The van der Waals surface area contributed by atoms with Gasteiger partial charge in [-0.25, -0.2) is 9.97 Å². The van der Waals surface area contributed by atoms with Crippen molar-refractivity contribution < 1.29 is 14.3 Å². The van der Waals surface area contributed by atoms with Gasteiger partial charge in [0.25, 0.3) is 5.91 Å². The molecule has 1 aromatic carbocycles.